The monoisotopic (exact) mass is 408 g/mol. The second-order valence-corrected chi connectivity index (χ2v) is 7.29. The molecule has 1 aliphatic heterocycles. The van der Waals surface area contributed by atoms with Crippen molar-refractivity contribution in [3.05, 3.63) is 60.1 Å². The summed E-state index contributed by atoms with van der Waals surface area (Å²) in [4.78, 5) is 18.4. The minimum absolute atomic E-state index is 0.595. The lowest BCUT2D eigenvalue weighted by atomic mass is 10.3. The van der Waals surface area contributed by atoms with Crippen LogP contribution in [0.25, 0.3) is 5.82 Å². The molecule has 0 aromatic carbocycles. The van der Waals surface area contributed by atoms with E-state index in [9.17, 15) is 0 Å². The maximum atomic E-state index is 4.93. The van der Waals surface area contributed by atoms with Gasteiger partial charge in [-0.3, -0.25) is 9.47 Å². The second kappa shape index (κ2) is 9.53. The third kappa shape index (κ3) is 4.85. The lowest BCUT2D eigenvalue weighted by Gasteiger charge is -2.36. The molecule has 0 spiro atoms. The number of aryl methyl sites for hydroxylation is 1. The summed E-state index contributed by atoms with van der Waals surface area (Å²) in [6.45, 7) is 10.1. The van der Waals surface area contributed by atoms with Gasteiger partial charge < -0.3 is 14.7 Å². The van der Waals surface area contributed by atoms with Crippen LogP contribution >= 0.6 is 0 Å². The number of hydrogen-bond acceptors (Lipinski definition) is 6. The molecule has 0 atom stereocenters. The Kier molecular flexibility index (Phi) is 6.38. The highest BCUT2D eigenvalue weighted by atomic mass is 16.5. The van der Waals surface area contributed by atoms with Crippen molar-refractivity contribution in [2.24, 2.45) is 4.99 Å². The van der Waals surface area contributed by atoms with Gasteiger partial charge in [0.15, 0.2) is 5.96 Å². The smallest absolute Gasteiger partial charge is 0.194 e. The number of nitrogens with one attached hydrogen (secondary N) is 1. The highest BCUT2D eigenvalue weighted by Crippen LogP contribution is 2.11. The van der Waals surface area contributed by atoms with Crippen molar-refractivity contribution in [3.63, 3.8) is 0 Å². The summed E-state index contributed by atoms with van der Waals surface area (Å²) < 4.78 is 6.90. The van der Waals surface area contributed by atoms with Crippen LogP contribution in [0.2, 0.25) is 0 Å². The largest absolute Gasteiger partial charge is 0.364 e. The molecule has 0 unspecified atom stereocenters. The Hall–Kier alpha value is -3.20. The summed E-state index contributed by atoms with van der Waals surface area (Å²) in [6, 6.07) is 6.01. The summed E-state index contributed by atoms with van der Waals surface area (Å²) >= 11 is 0. The molecule has 1 N–H and O–H groups in total. The third-order valence-corrected chi connectivity index (χ3v) is 5.18. The molecular formula is C21H28N8O. The van der Waals surface area contributed by atoms with E-state index in [1.165, 1.54) is 0 Å². The van der Waals surface area contributed by atoms with Crippen molar-refractivity contribution in [2.45, 2.75) is 26.9 Å². The second-order valence-electron chi connectivity index (χ2n) is 7.29. The van der Waals surface area contributed by atoms with Gasteiger partial charge in [-0.2, -0.15) is 0 Å². The standard InChI is InChI=1S/C21H28N8O/c1-3-22-21(28-11-9-27(10-12-28)16-19-6-13-30-26-19)25-15-18-4-5-20(24-14-18)29-8-7-23-17(29)2/h4-8,13-14H,3,9-12,15-16H2,1-2H3,(H,22,25). The molecule has 0 radical (unpaired) electrons. The van der Waals surface area contributed by atoms with Gasteiger partial charge >= 0.3 is 0 Å². The predicted molar refractivity (Wildman–Crippen MR) is 114 cm³/mol. The van der Waals surface area contributed by atoms with Crippen molar-refractivity contribution in [1.82, 2.24) is 34.8 Å². The fourth-order valence-electron chi connectivity index (χ4n) is 3.53. The zero-order valence-corrected chi connectivity index (χ0v) is 17.5. The topological polar surface area (TPSA) is 87.6 Å². The molecule has 0 amide bonds. The first-order chi connectivity index (χ1) is 14.7. The molecule has 4 heterocycles. The summed E-state index contributed by atoms with van der Waals surface area (Å²) in [5.41, 5.74) is 2.06. The Morgan fingerprint density at radius 1 is 1.17 bits per heavy atom. The Labute approximate surface area is 176 Å². The summed E-state index contributed by atoms with van der Waals surface area (Å²) in [6.07, 6.45) is 7.21. The quantitative estimate of drug-likeness (QED) is 0.492. The summed E-state index contributed by atoms with van der Waals surface area (Å²) in [7, 11) is 0. The predicted octanol–water partition coefficient (Wildman–Crippen LogP) is 1.85. The van der Waals surface area contributed by atoms with Crippen molar-refractivity contribution >= 4 is 5.96 Å². The van der Waals surface area contributed by atoms with Crippen LogP contribution in [0.3, 0.4) is 0 Å². The highest BCUT2D eigenvalue weighted by molar-refractivity contribution is 5.80. The number of imidazole rings is 1. The van der Waals surface area contributed by atoms with Gasteiger partial charge in [0.1, 0.15) is 17.9 Å². The van der Waals surface area contributed by atoms with Crippen LogP contribution in [0, 0.1) is 6.92 Å². The van der Waals surface area contributed by atoms with Crippen LogP contribution in [0.1, 0.15) is 24.0 Å². The highest BCUT2D eigenvalue weighted by Gasteiger charge is 2.20. The van der Waals surface area contributed by atoms with Crippen LogP contribution in [0.15, 0.2) is 52.6 Å². The number of piperazine rings is 1. The summed E-state index contributed by atoms with van der Waals surface area (Å²) in [5, 5.41) is 7.43. The number of aliphatic imine (C=N–C) groups is 1. The van der Waals surface area contributed by atoms with Crippen LogP contribution in [0.4, 0.5) is 0 Å². The molecule has 4 rings (SSSR count). The van der Waals surface area contributed by atoms with Gasteiger partial charge in [0.2, 0.25) is 0 Å². The lowest BCUT2D eigenvalue weighted by Crippen LogP contribution is -2.52. The van der Waals surface area contributed by atoms with Gasteiger partial charge in [0, 0.05) is 63.9 Å². The molecule has 3 aromatic rings. The Morgan fingerprint density at radius 2 is 2.03 bits per heavy atom. The molecule has 1 fully saturated rings. The lowest BCUT2D eigenvalue weighted by molar-refractivity contribution is 0.169. The zero-order chi connectivity index (χ0) is 20.8. The van der Waals surface area contributed by atoms with E-state index >= 15 is 0 Å². The van der Waals surface area contributed by atoms with E-state index in [1.807, 2.05) is 36.0 Å². The fourth-order valence-corrected chi connectivity index (χ4v) is 3.53. The van der Waals surface area contributed by atoms with Gasteiger partial charge in [-0.1, -0.05) is 11.2 Å². The molecule has 9 nitrogen and oxygen atoms in total. The first-order valence-corrected chi connectivity index (χ1v) is 10.3. The van der Waals surface area contributed by atoms with E-state index in [-0.39, 0.29) is 0 Å². The number of pyridine rings is 1. The molecule has 1 aliphatic rings. The van der Waals surface area contributed by atoms with Gasteiger partial charge in [0.25, 0.3) is 0 Å². The first kappa shape index (κ1) is 20.1. The first-order valence-electron chi connectivity index (χ1n) is 10.3. The Bertz CT molecular complexity index is 940. The number of hydrogen-bond donors (Lipinski definition) is 1. The molecule has 0 bridgehead atoms. The number of rotatable bonds is 6. The van der Waals surface area contributed by atoms with Gasteiger partial charge in [-0.05, 0) is 25.5 Å². The minimum atomic E-state index is 0.595. The molecule has 158 valence electrons. The molecule has 0 saturated carbocycles. The van der Waals surface area contributed by atoms with Crippen molar-refractivity contribution in [3.8, 4) is 5.82 Å². The van der Waals surface area contributed by atoms with E-state index in [0.717, 1.165) is 68.1 Å². The molecular weight excluding hydrogens is 380 g/mol. The SMILES string of the molecule is CCNC(=NCc1ccc(-n2ccnc2C)nc1)N1CCN(Cc2ccon2)CC1. The van der Waals surface area contributed by atoms with E-state index in [4.69, 9.17) is 9.52 Å². The van der Waals surface area contributed by atoms with Crippen LogP contribution in [-0.4, -0.2) is 68.2 Å². The number of guanidine groups is 1. The van der Waals surface area contributed by atoms with E-state index < -0.39 is 0 Å². The number of nitrogens with zero attached hydrogens (tertiary/aromatic N) is 7. The van der Waals surface area contributed by atoms with Gasteiger partial charge in [0.05, 0.1) is 12.2 Å². The summed E-state index contributed by atoms with van der Waals surface area (Å²) in [5.74, 6) is 2.74. The molecule has 9 heteroatoms. The average Bonchev–Trinajstić information content (AvgIpc) is 3.44. The molecule has 3 aromatic heterocycles. The van der Waals surface area contributed by atoms with Crippen molar-refractivity contribution < 1.29 is 4.52 Å². The molecule has 0 aliphatic carbocycles. The van der Waals surface area contributed by atoms with Crippen molar-refractivity contribution in [2.75, 3.05) is 32.7 Å². The van der Waals surface area contributed by atoms with E-state index in [1.54, 1.807) is 12.5 Å². The molecule has 30 heavy (non-hydrogen) atoms. The van der Waals surface area contributed by atoms with Gasteiger partial charge in [-0.25, -0.2) is 15.0 Å². The maximum absolute atomic E-state index is 4.93. The van der Waals surface area contributed by atoms with Crippen LogP contribution < -0.4 is 5.32 Å². The van der Waals surface area contributed by atoms with Crippen LogP contribution in [-0.2, 0) is 13.1 Å². The average molecular weight is 409 g/mol. The van der Waals surface area contributed by atoms with Crippen molar-refractivity contribution in [1.29, 1.82) is 0 Å². The van der Waals surface area contributed by atoms with Gasteiger partial charge in [-0.15, -0.1) is 0 Å². The maximum Gasteiger partial charge on any atom is 0.194 e. The molecule has 1 saturated heterocycles. The minimum Gasteiger partial charge on any atom is -0.364 e. The zero-order valence-electron chi connectivity index (χ0n) is 17.5. The van der Waals surface area contributed by atoms with Crippen LogP contribution in [0.5, 0.6) is 0 Å². The van der Waals surface area contributed by atoms with E-state index in [2.05, 4.69) is 43.2 Å². The number of aromatic nitrogens is 4. The third-order valence-electron chi connectivity index (χ3n) is 5.18. The normalized spacial score (nSPS) is 15.5. The fraction of sp³-hybridized carbons (Fsp3) is 0.429. The Balaban J connectivity index is 1.35. The Morgan fingerprint density at radius 3 is 2.67 bits per heavy atom. The van der Waals surface area contributed by atoms with E-state index in [0.29, 0.717) is 6.54 Å².